The number of fused-ring (bicyclic) bond motifs is 4. The molecule has 0 radical (unpaired) electrons. The topological polar surface area (TPSA) is 66.1 Å². The normalized spacial score (nSPS) is 12.6. The van der Waals surface area contributed by atoms with Gasteiger partial charge in [0, 0.05) is 27.5 Å². The van der Waals surface area contributed by atoms with Crippen LogP contribution >= 0.6 is 0 Å². The zero-order valence-electron chi connectivity index (χ0n) is 23.4. The molecule has 1 aromatic heterocycles. The van der Waals surface area contributed by atoms with Crippen molar-refractivity contribution in [1.29, 1.82) is 5.26 Å². The summed E-state index contributed by atoms with van der Waals surface area (Å²) in [6.45, 7) is 0. The lowest BCUT2D eigenvalue weighted by Crippen LogP contribution is -2.30. The fourth-order valence-corrected chi connectivity index (χ4v) is 6.50. The molecule has 206 valence electrons. The molecule has 0 atom stereocenters. The van der Waals surface area contributed by atoms with E-state index in [4.69, 9.17) is 0 Å². The Bertz CT molecular complexity index is 2340. The first-order chi connectivity index (χ1) is 21.7. The zero-order chi connectivity index (χ0) is 29.8. The highest BCUT2D eigenvalue weighted by Gasteiger charge is 2.40. The van der Waals surface area contributed by atoms with Gasteiger partial charge in [-0.1, -0.05) is 109 Å². The van der Waals surface area contributed by atoms with Crippen LogP contribution in [0.1, 0.15) is 26.3 Å². The van der Waals surface area contributed by atoms with Crippen molar-refractivity contribution >= 4 is 39.3 Å². The van der Waals surface area contributed by atoms with Crippen LogP contribution < -0.4 is 4.90 Å². The average molecular weight is 566 g/mol. The third-order valence-electron chi connectivity index (χ3n) is 8.40. The van der Waals surface area contributed by atoms with Gasteiger partial charge in [-0.25, -0.2) is 4.90 Å². The highest BCUT2D eigenvalue weighted by atomic mass is 16.2. The molecule has 2 heterocycles. The molecule has 44 heavy (non-hydrogen) atoms. The molecule has 5 heteroatoms. The number of nitrogens with zero attached hydrogens (tertiary/aromatic N) is 3. The first-order valence-electron chi connectivity index (χ1n) is 14.4. The quantitative estimate of drug-likeness (QED) is 0.200. The van der Waals surface area contributed by atoms with Gasteiger partial charge in [0.25, 0.3) is 11.8 Å². The first kappa shape index (κ1) is 25.5. The van der Waals surface area contributed by atoms with Gasteiger partial charge in [0.1, 0.15) is 0 Å². The van der Waals surface area contributed by atoms with Gasteiger partial charge in [0.15, 0.2) is 0 Å². The van der Waals surface area contributed by atoms with Gasteiger partial charge in [-0.2, -0.15) is 5.26 Å². The van der Waals surface area contributed by atoms with Gasteiger partial charge in [0.05, 0.1) is 45.2 Å². The molecule has 8 rings (SSSR count). The summed E-state index contributed by atoms with van der Waals surface area (Å²) in [5, 5.41) is 12.0. The van der Waals surface area contributed by atoms with E-state index in [1.807, 2.05) is 121 Å². The van der Waals surface area contributed by atoms with Gasteiger partial charge in [-0.3, -0.25) is 9.59 Å². The molecule has 5 nitrogen and oxygen atoms in total. The second-order valence-electron chi connectivity index (χ2n) is 10.7. The predicted octanol–water partition coefficient (Wildman–Crippen LogP) is 8.79. The maximum absolute atomic E-state index is 14.5. The molecule has 0 fully saturated rings. The molecule has 0 bridgehead atoms. The number of aromatic nitrogens is 1. The van der Waals surface area contributed by atoms with Crippen LogP contribution in [0.4, 0.5) is 5.69 Å². The number of amides is 2. The Labute approximate surface area is 253 Å². The minimum Gasteiger partial charge on any atom is -0.308 e. The Balaban J connectivity index is 1.40. The standard InChI is InChI=1S/C39H23N3O2/c40-24-26-14-4-5-15-27(26)30-18-10-19-31-29-17-7-9-22-34(29)41(37(30)31)35-23-11-20-32-36(35)39(44)42(38(32)43)33-21-8-6-16-28(33)25-12-2-1-3-13-25/h1-23H. The zero-order valence-corrected chi connectivity index (χ0v) is 23.4. The summed E-state index contributed by atoms with van der Waals surface area (Å²) in [5.41, 5.74) is 7.60. The largest absolute Gasteiger partial charge is 0.308 e. The number of rotatable bonds is 4. The molecule has 2 amide bonds. The molecule has 1 aliphatic heterocycles. The number of hydrogen-bond acceptors (Lipinski definition) is 3. The lowest BCUT2D eigenvalue weighted by atomic mass is 9.97. The number of para-hydroxylation sites is 3. The number of hydrogen-bond donors (Lipinski definition) is 0. The van der Waals surface area contributed by atoms with Gasteiger partial charge >= 0.3 is 0 Å². The molecule has 7 aromatic rings. The van der Waals surface area contributed by atoms with Crippen LogP contribution in [0, 0.1) is 11.3 Å². The molecule has 1 aliphatic rings. The number of anilines is 1. The Morgan fingerprint density at radius 2 is 1.11 bits per heavy atom. The molecule has 6 aromatic carbocycles. The summed E-state index contributed by atoms with van der Waals surface area (Å²) < 4.78 is 2.07. The van der Waals surface area contributed by atoms with Gasteiger partial charge in [-0.05, 0) is 35.9 Å². The summed E-state index contributed by atoms with van der Waals surface area (Å²) in [6, 6.07) is 46.7. The van der Waals surface area contributed by atoms with Gasteiger partial charge in [0.2, 0.25) is 0 Å². The monoisotopic (exact) mass is 565 g/mol. The predicted molar refractivity (Wildman–Crippen MR) is 174 cm³/mol. The van der Waals surface area contributed by atoms with Crippen LogP contribution in [-0.4, -0.2) is 16.4 Å². The van der Waals surface area contributed by atoms with Crippen LogP contribution in [0.3, 0.4) is 0 Å². The van der Waals surface area contributed by atoms with Crippen molar-refractivity contribution in [2.75, 3.05) is 4.90 Å². The van der Waals surface area contributed by atoms with Crippen molar-refractivity contribution in [3.63, 3.8) is 0 Å². The van der Waals surface area contributed by atoms with E-state index in [0.29, 0.717) is 28.1 Å². The number of nitriles is 1. The van der Waals surface area contributed by atoms with E-state index in [2.05, 4.69) is 22.8 Å². The maximum Gasteiger partial charge on any atom is 0.268 e. The lowest BCUT2D eigenvalue weighted by Gasteiger charge is -2.19. The van der Waals surface area contributed by atoms with Crippen molar-refractivity contribution in [3.8, 4) is 34.0 Å². The molecule has 0 unspecified atom stereocenters. The Hall–Kier alpha value is -6.25. The van der Waals surface area contributed by atoms with E-state index >= 15 is 0 Å². The summed E-state index contributed by atoms with van der Waals surface area (Å²) >= 11 is 0. The van der Waals surface area contributed by atoms with Crippen molar-refractivity contribution < 1.29 is 9.59 Å². The van der Waals surface area contributed by atoms with E-state index in [1.165, 1.54) is 4.90 Å². The summed E-state index contributed by atoms with van der Waals surface area (Å²) in [7, 11) is 0. The fraction of sp³-hybridized carbons (Fsp3) is 0. The summed E-state index contributed by atoms with van der Waals surface area (Å²) in [6.07, 6.45) is 0. The SMILES string of the molecule is N#Cc1ccccc1-c1cccc2c3ccccc3n(-c3cccc4c3C(=O)N(c3ccccc3-c3ccccc3)C4=O)c12. The van der Waals surface area contributed by atoms with Crippen LogP contribution in [-0.2, 0) is 0 Å². The minimum absolute atomic E-state index is 0.353. The third-order valence-corrected chi connectivity index (χ3v) is 8.40. The highest BCUT2D eigenvalue weighted by Crippen LogP contribution is 2.42. The van der Waals surface area contributed by atoms with Crippen molar-refractivity contribution in [2.24, 2.45) is 0 Å². The number of carbonyl (C=O) groups is 2. The molecule has 0 saturated heterocycles. The summed E-state index contributed by atoms with van der Waals surface area (Å²) in [4.78, 5) is 29.9. The van der Waals surface area contributed by atoms with E-state index in [0.717, 1.165) is 44.1 Å². The van der Waals surface area contributed by atoms with Gasteiger partial charge in [-0.15, -0.1) is 0 Å². The second kappa shape index (κ2) is 9.94. The van der Waals surface area contributed by atoms with Crippen molar-refractivity contribution in [1.82, 2.24) is 4.57 Å². The molecular weight excluding hydrogens is 542 g/mol. The first-order valence-corrected chi connectivity index (χ1v) is 14.4. The Morgan fingerprint density at radius 3 is 1.95 bits per heavy atom. The lowest BCUT2D eigenvalue weighted by molar-refractivity contribution is 0.0926. The third kappa shape index (κ3) is 3.65. The smallest absolute Gasteiger partial charge is 0.268 e. The van der Waals surface area contributed by atoms with Crippen LogP contribution in [0.5, 0.6) is 0 Å². The summed E-state index contributed by atoms with van der Waals surface area (Å²) in [5.74, 6) is -0.726. The number of carbonyl (C=O) groups excluding carboxylic acids is 2. The Kier molecular flexibility index (Phi) is 5.75. The highest BCUT2D eigenvalue weighted by molar-refractivity contribution is 6.36. The number of imide groups is 1. The minimum atomic E-state index is -0.371. The van der Waals surface area contributed by atoms with Crippen molar-refractivity contribution in [3.05, 3.63) is 156 Å². The van der Waals surface area contributed by atoms with E-state index in [1.54, 1.807) is 6.07 Å². The van der Waals surface area contributed by atoms with E-state index in [9.17, 15) is 14.9 Å². The molecule has 0 saturated carbocycles. The van der Waals surface area contributed by atoms with Crippen LogP contribution in [0.25, 0.3) is 49.7 Å². The van der Waals surface area contributed by atoms with Crippen LogP contribution in [0.2, 0.25) is 0 Å². The maximum atomic E-state index is 14.5. The second-order valence-corrected chi connectivity index (χ2v) is 10.7. The van der Waals surface area contributed by atoms with Gasteiger partial charge < -0.3 is 4.57 Å². The number of benzene rings is 6. The molecule has 0 aliphatic carbocycles. The average Bonchev–Trinajstić information content (AvgIpc) is 3.56. The fourth-order valence-electron chi connectivity index (χ4n) is 6.50. The van der Waals surface area contributed by atoms with Crippen molar-refractivity contribution in [2.45, 2.75) is 0 Å². The molecule has 0 N–H and O–H groups in total. The molecular formula is C39H23N3O2. The van der Waals surface area contributed by atoms with Crippen LogP contribution in [0.15, 0.2) is 140 Å². The molecule has 0 spiro atoms. The Morgan fingerprint density at radius 1 is 0.500 bits per heavy atom. The van der Waals surface area contributed by atoms with E-state index < -0.39 is 0 Å². The van der Waals surface area contributed by atoms with E-state index in [-0.39, 0.29) is 11.8 Å².